The van der Waals surface area contributed by atoms with Gasteiger partial charge in [0.15, 0.2) is 0 Å². The van der Waals surface area contributed by atoms with Gasteiger partial charge in [0.05, 0.1) is 7.11 Å². The fraction of sp³-hybridized carbons (Fsp3) is 0.625. The number of hydrogen-bond acceptors (Lipinski definition) is 2. The SMILES string of the molecule is COc1ccc(CC(CBr)CC2CCOCC2)cc1. The first kappa shape index (κ1) is 14.9. The van der Waals surface area contributed by atoms with E-state index in [2.05, 4.69) is 40.2 Å². The van der Waals surface area contributed by atoms with Crippen LogP contribution in [0.1, 0.15) is 24.8 Å². The number of methoxy groups -OCH3 is 1. The molecule has 0 radical (unpaired) electrons. The van der Waals surface area contributed by atoms with E-state index >= 15 is 0 Å². The Morgan fingerprint density at radius 1 is 1.26 bits per heavy atom. The van der Waals surface area contributed by atoms with E-state index in [1.807, 2.05) is 0 Å². The lowest BCUT2D eigenvalue weighted by molar-refractivity contribution is 0.0596. The summed E-state index contributed by atoms with van der Waals surface area (Å²) in [6, 6.07) is 8.46. The first-order valence-electron chi connectivity index (χ1n) is 7.08. The molecule has 1 aromatic rings. The van der Waals surface area contributed by atoms with Crippen LogP contribution in [-0.4, -0.2) is 25.7 Å². The Labute approximate surface area is 124 Å². The Bertz CT molecular complexity index is 358. The van der Waals surface area contributed by atoms with Crippen molar-refractivity contribution < 1.29 is 9.47 Å². The van der Waals surface area contributed by atoms with Gasteiger partial charge in [-0.2, -0.15) is 0 Å². The smallest absolute Gasteiger partial charge is 0.118 e. The lowest BCUT2D eigenvalue weighted by Crippen LogP contribution is -2.20. The summed E-state index contributed by atoms with van der Waals surface area (Å²) in [4.78, 5) is 0. The van der Waals surface area contributed by atoms with Gasteiger partial charge < -0.3 is 9.47 Å². The van der Waals surface area contributed by atoms with Gasteiger partial charge in [-0.1, -0.05) is 28.1 Å². The number of hydrogen-bond donors (Lipinski definition) is 0. The molecule has 0 bridgehead atoms. The first-order valence-corrected chi connectivity index (χ1v) is 8.20. The van der Waals surface area contributed by atoms with Crippen molar-refractivity contribution in [3.63, 3.8) is 0 Å². The Morgan fingerprint density at radius 3 is 2.53 bits per heavy atom. The fourth-order valence-corrected chi connectivity index (χ4v) is 3.24. The molecule has 1 unspecified atom stereocenters. The van der Waals surface area contributed by atoms with Crippen molar-refractivity contribution in [2.75, 3.05) is 25.7 Å². The molecule has 1 saturated heterocycles. The maximum atomic E-state index is 5.43. The Kier molecular flexibility index (Phi) is 6.18. The summed E-state index contributed by atoms with van der Waals surface area (Å²) in [6.45, 7) is 1.89. The summed E-state index contributed by atoms with van der Waals surface area (Å²) in [7, 11) is 1.71. The number of alkyl halides is 1. The van der Waals surface area contributed by atoms with Crippen LogP contribution in [0.4, 0.5) is 0 Å². The van der Waals surface area contributed by atoms with Crippen LogP contribution in [0.3, 0.4) is 0 Å². The molecule has 0 N–H and O–H groups in total. The molecule has 0 spiro atoms. The van der Waals surface area contributed by atoms with Crippen LogP contribution in [0.5, 0.6) is 5.75 Å². The van der Waals surface area contributed by atoms with Crippen LogP contribution in [0.25, 0.3) is 0 Å². The second-order valence-electron chi connectivity index (χ2n) is 5.36. The molecule has 1 fully saturated rings. The third-order valence-electron chi connectivity index (χ3n) is 3.91. The number of rotatable bonds is 6. The van der Waals surface area contributed by atoms with Gasteiger partial charge in [0.1, 0.15) is 5.75 Å². The molecular weight excluding hydrogens is 304 g/mol. The highest BCUT2D eigenvalue weighted by Gasteiger charge is 2.19. The summed E-state index contributed by atoms with van der Waals surface area (Å²) in [5.41, 5.74) is 1.40. The highest BCUT2D eigenvalue weighted by atomic mass is 79.9. The van der Waals surface area contributed by atoms with E-state index in [4.69, 9.17) is 9.47 Å². The predicted molar refractivity (Wildman–Crippen MR) is 82.1 cm³/mol. The Balaban J connectivity index is 1.86. The summed E-state index contributed by atoms with van der Waals surface area (Å²) < 4.78 is 10.6. The average molecular weight is 327 g/mol. The van der Waals surface area contributed by atoms with Crippen molar-refractivity contribution in [2.45, 2.75) is 25.7 Å². The minimum Gasteiger partial charge on any atom is -0.497 e. The molecule has 0 saturated carbocycles. The van der Waals surface area contributed by atoms with Crippen LogP contribution in [0.15, 0.2) is 24.3 Å². The molecule has 0 amide bonds. The van der Waals surface area contributed by atoms with Gasteiger partial charge in [-0.25, -0.2) is 0 Å². The Morgan fingerprint density at radius 2 is 1.95 bits per heavy atom. The fourth-order valence-electron chi connectivity index (χ4n) is 2.75. The van der Waals surface area contributed by atoms with Crippen LogP contribution in [-0.2, 0) is 11.2 Å². The van der Waals surface area contributed by atoms with E-state index in [1.165, 1.54) is 24.8 Å². The maximum Gasteiger partial charge on any atom is 0.118 e. The van der Waals surface area contributed by atoms with Gasteiger partial charge in [-0.05, 0) is 55.2 Å². The summed E-state index contributed by atoms with van der Waals surface area (Å²) in [5, 5.41) is 1.08. The number of halogens is 1. The summed E-state index contributed by atoms with van der Waals surface area (Å²) in [5.74, 6) is 2.50. The van der Waals surface area contributed by atoms with Crippen molar-refractivity contribution in [2.24, 2.45) is 11.8 Å². The standard InChI is InChI=1S/C16H23BrO2/c1-18-16-4-2-13(3-5-16)10-15(12-17)11-14-6-8-19-9-7-14/h2-5,14-15H,6-12H2,1H3. The van der Waals surface area contributed by atoms with E-state index in [9.17, 15) is 0 Å². The third-order valence-corrected chi connectivity index (χ3v) is 4.82. The molecule has 3 heteroatoms. The van der Waals surface area contributed by atoms with Crippen molar-refractivity contribution in [1.82, 2.24) is 0 Å². The second-order valence-corrected chi connectivity index (χ2v) is 6.01. The molecule has 106 valence electrons. The minimum absolute atomic E-state index is 0.719. The van der Waals surface area contributed by atoms with Crippen molar-refractivity contribution in [3.05, 3.63) is 29.8 Å². The highest BCUT2D eigenvalue weighted by molar-refractivity contribution is 9.09. The molecule has 0 aromatic heterocycles. The van der Waals surface area contributed by atoms with Gasteiger partial charge in [-0.3, -0.25) is 0 Å². The van der Waals surface area contributed by atoms with Crippen LogP contribution in [0, 0.1) is 11.8 Å². The second kappa shape index (κ2) is 7.91. The summed E-state index contributed by atoms with van der Waals surface area (Å²) >= 11 is 3.67. The number of benzene rings is 1. The quantitative estimate of drug-likeness (QED) is 0.734. The van der Waals surface area contributed by atoms with E-state index in [0.29, 0.717) is 0 Å². The normalized spacial score (nSPS) is 18.2. The maximum absolute atomic E-state index is 5.43. The summed E-state index contributed by atoms with van der Waals surface area (Å²) in [6.07, 6.45) is 4.91. The van der Waals surface area contributed by atoms with Crippen LogP contribution < -0.4 is 4.74 Å². The first-order chi connectivity index (χ1) is 9.31. The molecule has 1 aliphatic heterocycles. The molecule has 19 heavy (non-hydrogen) atoms. The molecule has 0 aliphatic carbocycles. The Hall–Kier alpha value is -0.540. The van der Waals surface area contributed by atoms with E-state index in [-0.39, 0.29) is 0 Å². The highest BCUT2D eigenvalue weighted by Crippen LogP contribution is 2.26. The van der Waals surface area contributed by atoms with E-state index in [0.717, 1.165) is 42.5 Å². The van der Waals surface area contributed by atoms with Crippen LogP contribution in [0.2, 0.25) is 0 Å². The molecule has 1 heterocycles. The molecule has 1 aromatic carbocycles. The zero-order valence-electron chi connectivity index (χ0n) is 11.6. The third kappa shape index (κ3) is 4.81. The largest absolute Gasteiger partial charge is 0.497 e. The molecule has 1 aliphatic rings. The van der Waals surface area contributed by atoms with Crippen molar-refractivity contribution in [1.29, 1.82) is 0 Å². The van der Waals surface area contributed by atoms with E-state index in [1.54, 1.807) is 7.11 Å². The molecular formula is C16H23BrO2. The topological polar surface area (TPSA) is 18.5 Å². The average Bonchev–Trinajstić information content (AvgIpc) is 2.48. The molecule has 1 atom stereocenters. The minimum atomic E-state index is 0.719. The van der Waals surface area contributed by atoms with E-state index < -0.39 is 0 Å². The van der Waals surface area contributed by atoms with Crippen molar-refractivity contribution >= 4 is 15.9 Å². The predicted octanol–water partition coefficient (Wildman–Crippen LogP) is 4.07. The lowest BCUT2D eigenvalue weighted by atomic mass is 9.87. The monoisotopic (exact) mass is 326 g/mol. The van der Waals surface area contributed by atoms with Gasteiger partial charge in [-0.15, -0.1) is 0 Å². The molecule has 2 nitrogen and oxygen atoms in total. The van der Waals surface area contributed by atoms with Crippen molar-refractivity contribution in [3.8, 4) is 5.75 Å². The molecule has 2 rings (SSSR count). The van der Waals surface area contributed by atoms with Gasteiger partial charge in [0.2, 0.25) is 0 Å². The van der Waals surface area contributed by atoms with Gasteiger partial charge in [0, 0.05) is 18.5 Å². The van der Waals surface area contributed by atoms with Crippen LogP contribution >= 0.6 is 15.9 Å². The van der Waals surface area contributed by atoms with Gasteiger partial charge in [0.25, 0.3) is 0 Å². The zero-order chi connectivity index (χ0) is 13.5. The van der Waals surface area contributed by atoms with Gasteiger partial charge >= 0.3 is 0 Å². The zero-order valence-corrected chi connectivity index (χ0v) is 13.2. The lowest BCUT2D eigenvalue weighted by Gasteiger charge is -2.25. The number of ether oxygens (including phenoxy) is 2.